The van der Waals surface area contributed by atoms with Crippen molar-refractivity contribution in [3.8, 4) is 5.75 Å². The van der Waals surface area contributed by atoms with Crippen molar-refractivity contribution >= 4 is 21.0 Å². The Morgan fingerprint density at radius 3 is 2.46 bits per heavy atom. The number of piperidine rings is 1. The average molecular weight is 399 g/mol. The quantitative estimate of drug-likeness (QED) is 0.630. The number of rotatable bonds is 5. The molecule has 0 spiro atoms. The maximum Gasteiger partial charge on any atom is 0.339 e. The second-order valence-electron chi connectivity index (χ2n) is 7.48. The Balaban J connectivity index is 1.80. The van der Waals surface area contributed by atoms with Gasteiger partial charge in [-0.3, -0.25) is 0 Å². The van der Waals surface area contributed by atoms with Crippen molar-refractivity contribution in [1.29, 1.82) is 0 Å². The molecule has 0 saturated carbocycles. The van der Waals surface area contributed by atoms with Crippen LogP contribution in [0.4, 0.5) is 0 Å². The predicted octanol–water partition coefficient (Wildman–Crippen LogP) is 4.27. The summed E-state index contributed by atoms with van der Waals surface area (Å²) in [7, 11) is -3.90. The molecule has 0 atom stereocenters. The predicted molar refractivity (Wildman–Crippen MR) is 112 cm³/mol. The van der Waals surface area contributed by atoms with Gasteiger partial charge in [0.1, 0.15) is 4.90 Å². The van der Waals surface area contributed by atoms with E-state index in [1.165, 1.54) is 5.56 Å². The third-order valence-electron chi connectivity index (χ3n) is 5.50. The van der Waals surface area contributed by atoms with Crippen LogP contribution in [0.1, 0.15) is 42.5 Å². The maximum absolute atomic E-state index is 13.0. The second-order valence-corrected chi connectivity index (χ2v) is 9.02. The van der Waals surface area contributed by atoms with E-state index in [4.69, 9.17) is 4.18 Å². The number of hydrogen-bond acceptors (Lipinski definition) is 4. The Morgan fingerprint density at radius 1 is 1.07 bits per heavy atom. The van der Waals surface area contributed by atoms with Crippen molar-refractivity contribution in [3.05, 3.63) is 59.3 Å². The molecule has 4 rings (SSSR count). The van der Waals surface area contributed by atoms with Gasteiger partial charge in [0.2, 0.25) is 0 Å². The number of aromatic amines is 1. The van der Waals surface area contributed by atoms with Crippen LogP contribution in [0, 0.1) is 6.92 Å². The van der Waals surface area contributed by atoms with Crippen LogP contribution in [0.2, 0.25) is 0 Å². The average Bonchev–Trinajstić information content (AvgIpc) is 3.06. The van der Waals surface area contributed by atoms with Crippen molar-refractivity contribution in [2.45, 2.75) is 43.9 Å². The van der Waals surface area contributed by atoms with Gasteiger partial charge in [0.05, 0.1) is 5.69 Å². The summed E-state index contributed by atoms with van der Waals surface area (Å²) in [4.78, 5) is 3.65. The Morgan fingerprint density at radius 2 is 1.79 bits per heavy atom. The number of aromatic nitrogens is 1. The van der Waals surface area contributed by atoms with Crippen LogP contribution in [-0.4, -0.2) is 26.5 Å². The molecule has 5 nitrogen and oxygen atoms in total. The summed E-state index contributed by atoms with van der Waals surface area (Å²) in [5.41, 5.74) is 4.04. The Hall–Kier alpha value is -2.31. The number of aryl methyl sites for hydroxylation is 2. The van der Waals surface area contributed by atoms with E-state index in [1.807, 2.05) is 19.1 Å². The number of benzene rings is 2. The van der Waals surface area contributed by atoms with E-state index in [9.17, 15) is 8.42 Å². The highest BCUT2D eigenvalue weighted by molar-refractivity contribution is 7.87. The zero-order valence-electron chi connectivity index (χ0n) is 16.3. The van der Waals surface area contributed by atoms with Gasteiger partial charge in [0.15, 0.2) is 5.75 Å². The molecule has 0 amide bonds. The van der Waals surface area contributed by atoms with Crippen LogP contribution in [-0.2, 0) is 16.5 Å². The van der Waals surface area contributed by atoms with Gasteiger partial charge in [-0.2, -0.15) is 8.42 Å². The molecule has 1 fully saturated rings. The lowest BCUT2D eigenvalue weighted by molar-refractivity contribution is 0.437. The van der Waals surface area contributed by atoms with Gasteiger partial charge in [-0.15, -0.1) is 0 Å². The fourth-order valence-corrected chi connectivity index (χ4v) is 4.77. The molecule has 0 bridgehead atoms. The maximum atomic E-state index is 13.0. The zero-order valence-corrected chi connectivity index (χ0v) is 17.1. The van der Waals surface area contributed by atoms with E-state index in [1.54, 1.807) is 24.3 Å². The van der Waals surface area contributed by atoms with Crippen LogP contribution in [0.3, 0.4) is 0 Å². The summed E-state index contributed by atoms with van der Waals surface area (Å²) in [6.45, 7) is 5.88. The standard InChI is InChI=1S/C22H26N2O3S/c1-3-16-6-9-19-20(14-16)24-21(17-10-12-23-13-11-17)22(19)27-28(25,26)18-7-4-15(2)5-8-18/h4-9,14,17,23-24H,3,10-13H2,1-2H3. The lowest BCUT2D eigenvalue weighted by atomic mass is 9.94. The third kappa shape index (κ3) is 3.66. The van der Waals surface area contributed by atoms with Crippen LogP contribution in [0.5, 0.6) is 5.75 Å². The van der Waals surface area contributed by atoms with Gasteiger partial charge in [-0.25, -0.2) is 0 Å². The summed E-state index contributed by atoms with van der Waals surface area (Å²) in [5, 5.41) is 4.18. The van der Waals surface area contributed by atoms with E-state index in [0.29, 0.717) is 5.75 Å². The molecule has 28 heavy (non-hydrogen) atoms. The first-order valence-corrected chi connectivity index (χ1v) is 11.2. The fraction of sp³-hybridized carbons (Fsp3) is 0.364. The monoisotopic (exact) mass is 398 g/mol. The summed E-state index contributed by atoms with van der Waals surface area (Å²) >= 11 is 0. The summed E-state index contributed by atoms with van der Waals surface area (Å²) in [6.07, 6.45) is 2.83. The van der Waals surface area contributed by atoms with E-state index >= 15 is 0 Å². The lowest BCUT2D eigenvalue weighted by Crippen LogP contribution is -2.27. The molecular weight excluding hydrogens is 372 g/mol. The van der Waals surface area contributed by atoms with Gasteiger partial charge >= 0.3 is 10.1 Å². The summed E-state index contributed by atoms with van der Waals surface area (Å²) < 4.78 is 31.7. The first-order valence-electron chi connectivity index (χ1n) is 9.84. The largest absolute Gasteiger partial charge is 0.376 e. The molecule has 2 N–H and O–H groups in total. The minimum absolute atomic E-state index is 0.175. The van der Waals surface area contributed by atoms with Crippen molar-refractivity contribution < 1.29 is 12.6 Å². The van der Waals surface area contributed by atoms with Gasteiger partial charge in [-0.05, 0) is 69.1 Å². The smallest absolute Gasteiger partial charge is 0.339 e. The highest BCUT2D eigenvalue weighted by Crippen LogP contribution is 2.40. The van der Waals surface area contributed by atoms with Crippen molar-refractivity contribution in [2.24, 2.45) is 0 Å². The molecule has 2 heterocycles. The Kier molecular flexibility index (Phi) is 5.17. The molecule has 6 heteroatoms. The highest BCUT2D eigenvalue weighted by atomic mass is 32.2. The Bertz CT molecular complexity index is 1080. The topological polar surface area (TPSA) is 71.2 Å². The number of hydrogen-bond donors (Lipinski definition) is 2. The molecule has 1 saturated heterocycles. The molecule has 0 aliphatic carbocycles. The molecular formula is C22H26N2O3S. The molecule has 1 aliphatic heterocycles. The summed E-state index contributed by atoms with van der Waals surface area (Å²) in [5.74, 6) is 0.701. The molecule has 3 aromatic rings. The van der Waals surface area contributed by atoms with E-state index in [2.05, 4.69) is 23.3 Å². The fourth-order valence-electron chi connectivity index (χ4n) is 3.81. The van der Waals surface area contributed by atoms with Crippen LogP contribution >= 0.6 is 0 Å². The SMILES string of the molecule is CCc1ccc2c(OS(=O)(=O)c3ccc(C)cc3)c(C3CCNCC3)[nH]c2c1. The molecule has 148 valence electrons. The Labute approximate surface area is 166 Å². The lowest BCUT2D eigenvalue weighted by Gasteiger charge is -2.22. The van der Waals surface area contributed by atoms with Crippen LogP contribution in [0.25, 0.3) is 10.9 Å². The normalized spacial score (nSPS) is 15.8. The van der Waals surface area contributed by atoms with E-state index in [0.717, 1.165) is 54.5 Å². The van der Waals surface area contributed by atoms with E-state index in [-0.39, 0.29) is 10.8 Å². The van der Waals surface area contributed by atoms with Gasteiger partial charge in [-0.1, -0.05) is 30.7 Å². The second kappa shape index (κ2) is 7.60. The molecule has 2 aromatic carbocycles. The number of nitrogens with one attached hydrogen (secondary N) is 2. The molecule has 0 unspecified atom stereocenters. The van der Waals surface area contributed by atoms with Gasteiger partial charge in [0, 0.05) is 16.8 Å². The van der Waals surface area contributed by atoms with Crippen LogP contribution < -0.4 is 9.50 Å². The van der Waals surface area contributed by atoms with Crippen LogP contribution in [0.15, 0.2) is 47.4 Å². The third-order valence-corrected chi connectivity index (χ3v) is 6.74. The molecule has 1 aliphatic rings. The summed E-state index contributed by atoms with van der Waals surface area (Å²) in [6, 6.07) is 12.9. The first kappa shape index (κ1) is 19.0. The minimum atomic E-state index is -3.90. The highest BCUT2D eigenvalue weighted by Gasteiger charge is 2.27. The molecule has 0 radical (unpaired) electrons. The van der Waals surface area contributed by atoms with Crippen molar-refractivity contribution in [1.82, 2.24) is 10.3 Å². The first-order chi connectivity index (χ1) is 13.5. The van der Waals surface area contributed by atoms with Crippen molar-refractivity contribution in [3.63, 3.8) is 0 Å². The van der Waals surface area contributed by atoms with Crippen molar-refractivity contribution in [2.75, 3.05) is 13.1 Å². The van der Waals surface area contributed by atoms with E-state index < -0.39 is 10.1 Å². The zero-order chi connectivity index (χ0) is 19.7. The number of H-pyrrole nitrogens is 1. The minimum Gasteiger partial charge on any atom is -0.376 e. The van der Waals surface area contributed by atoms with Gasteiger partial charge < -0.3 is 14.5 Å². The molecule has 1 aromatic heterocycles. The van der Waals surface area contributed by atoms with Gasteiger partial charge in [0.25, 0.3) is 0 Å². The number of fused-ring (bicyclic) bond motifs is 1.